The van der Waals surface area contributed by atoms with Gasteiger partial charge in [-0.3, -0.25) is 0 Å². The zero-order valence-electron chi connectivity index (χ0n) is 12.0. The van der Waals surface area contributed by atoms with Crippen molar-refractivity contribution in [1.82, 2.24) is 0 Å². The van der Waals surface area contributed by atoms with E-state index in [2.05, 4.69) is 0 Å². The lowest BCUT2D eigenvalue weighted by Gasteiger charge is -2.38. The van der Waals surface area contributed by atoms with E-state index in [1.165, 1.54) is 18.2 Å². The number of carbonyl (C=O) groups is 1. The van der Waals surface area contributed by atoms with Gasteiger partial charge in [-0.2, -0.15) is 0 Å². The molecular formula is C15H18O8. The van der Waals surface area contributed by atoms with Crippen LogP contribution in [0.15, 0.2) is 30.3 Å². The van der Waals surface area contributed by atoms with Crippen LogP contribution in [0.1, 0.15) is 5.56 Å². The Kier molecular flexibility index (Phi) is 5.69. The molecular weight excluding hydrogens is 308 g/mol. The Balaban J connectivity index is 1.97. The van der Waals surface area contributed by atoms with Crippen molar-refractivity contribution in [2.24, 2.45) is 0 Å². The Labute approximate surface area is 131 Å². The van der Waals surface area contributed by atoms with Gasteiger partial charge in [0.15, 0.2) is 0 Å². The summed E-state index contributed by atoms with van der Waals surface area (Å²) in [4.78, 5) is 11.7. The van der Waals surface area contributed by atoms with Crippen molar-refractivity contribution in [3.8, 4) is 5.75 Å². The topological polar surface area (TPSA) is 137 Å². The highest BCUT2D eigenvalue weighted by Gasteiger charge is 2.45. The first-order valence-corrected chi connectivity index (χ1v) is 6.90. The number of hydrogen-bond donors (Lipinski definition) is 5. The molecule has 5 N–H and O–H groups in total. The normalized spacial score (nSPS) is 31.2. The standard InChI is InChI=1S/C15H18O8/c16-7-10-12(19)13(20)14(21)15(22-10)23-11(18)6-3-8-1-4-9(17)5-2-8/h1-6,10,12-17,19-21H,7H2/b6-3+. The number of phenolic OH excluding ortho intramolecular Hbond substituents is 1. The van der Waals surface area contributed by atoms with Crippen molar-refractivity contribution in [3.05, 3.63) is 35.9 Å². The minimum Gasteiger partial charge on any atom is -0.508 e. The van der Waals surface area contributed by atoms with Gasteiger partial charge in [-0.1, -0.05) is 12.1 Å². The smallest absolute Gasteiger partial charge is 0.333 e. The summed E-state index contributed by atoms with van der Waals surface area (Å²) in [7, 11) is 0. The fraction of sp³-hybridized carbons (Fsp3) is 0.400. The second-order valence-corrected chi connectivity index (χ2v) is 5.06. The van der Waals surface area contributed by atoms with Crippen LogP contribution in [0.25, 0.3) is 6.08 Å². The van der Waals surface area contributed by atoms with Gasteiger partial charge in [0.1, 0.15) is 30.2 Å². The maximum atomic E-state index is 11.7. The lowest BCUT2D eigenvalue weighted by Crippen LogP contribution is -2.59. The number of phenols is 1. The quantitative estimate of drug-likeness (QED) is 0.342. The minimum absolute atomic E-state index is 0.0889. The molecule has 0 aliphatic carbocycles. The van der Waals surface area contributed by atoms with E-state index in [0.29, 0.717) is 5.56 Å². The van der Waals surface area contributed by atoms with Crippen LogP contribution >= 0.6 is 0 Å². The van der Waals surface area contributed by atoms with Crippen LogP contribution in [0.2, 0.25) is 0 Å². The van der Waals surface area contributed by atoms with Gasteiger partial charge in [0.05, 0.1) is 6.61 Å². The molecule has 0 radical (unpaired) electrons. The number of hydrogen-bond acceptors (Lipinski definition) is 8. The van der Waals surface area contributed by atoms with E-state index in [4.69, 9.17) is 19.7 Å². The van der Waals surface area contributed by atoms with Crippen LogP contribution in [0.5, 0.6) is 5.75 Å². The summed E-state index contributed by atoms with van der Waals surface area (Å²) in [5.41, 5.74) is 0.633. The van der Waals surface area contributed by atoms with E-state index in [-0.39, 0.29) is 5.75 Å². The monoisotopic (exact) mass is 326 g/mol. The van der Waals surface area contributed by atoms with Crippen LogP contribution in [-0.2, 0) is 14.3 Å². The summed E-state index contributed by atoms with van der Waals surface area (Å²) in [5.74, 6) is -0.756. The van der Waals surface area contributed by atoms with E-state index < -0.39 is 43.3 Å². The molecule has 23 heavy (non-hydrogen) atoms. The third kappa shape index (κ3) is 4.27. The molecule has 1 aromatic carbocycles. The van der Waals surface area contributed by atoms with Gasteiger partial charge in [-0.05, 0) is 23.8 Å². The summed E-state index contributed by atoms with van der Waals surface area (Å²) < 4.78 is 9.92. The second-order valence-electron chi connectivity index (χ2n) is 5.06. The number of esters is 1. The first-order chi connectivity index (χ1) is 10.9. The third-order valence-electron chi connectivity index (χ3n) is 3.39. The number of aliphatic hydroxyl groups is 4. The molecule has 0 bridgehead atoms. The van der Waals surface area contributed by atoms with Crippen molar-refractivity contribution in [1.29, 1.82) is 0 Å². The molecule has 0 aromatic heterocycles. The van der Waals surface area contributed by atoms with Gasteiger partial charge in [0, 0.05) is 6.08 Å². The fourth-order valence-electron chi connectivity index (χ4n) is 2.07. The summed E-state index contributed by atoms with van der Waals surface area (Å²) >= 11 is 0. The Morgan fingerprint density at radius 2 is 1.78 bits per heavy atom. The van der Waals surface area contributed by atoms with Gasteiger partial charge in [-0.25, -0.2) is 4.79 Å². The van der Waals surface area contributed by atoms with Crippen LogP contribution in [-0.4, -0.2) is 68.8 Å². The van der Waals surface area contributed by atoms with Crippen molar-refractivity contribution >= 4 is 12.0 Å². The second kappa shape index (κ2) is 7.53. The fourth-order valence-corrected chi connectivity index (χ4v) is 2.07. The molecule has 1 heterocycles. The van der Waals surface area contributed by atoms with E-state index in [9.17, 15) is 20.1 Å². The van der Waals surface area contributed by atoms with E-state index in [0.717, 1.165) is 6.08 Å². The Morgan fingerprint density at radius 1 is 1.13 bits per heavy atom. The highest BCUT2D eigenvalue weighted by atomic mass is 16.7. The maximum absolute atomic E-state index is 11.7. The molecule has 0 saturated carbocycles. The Bertz CT molecular complexity index is 553. The van der Waals surface area contributed by atoms with Gasteiger partial charge in [0.25, 0.3) is 0 Å². The largest absolute Gasteiger partial charge is 0.508 e. The number of benzene rings is 1. The lowest BCUT2D eigenvalue weighted by molar-refractivity contribution is -0.291. The van der Waals surface area contributed by atoms with E-state index in [1.54, 1.807) is 12.1 Å². The number of carbonyl (C=O) groups excluding carboxylic acids is 1. The average molecular weight is 326 g/mol. The van der Waals surface area contributed by atoms with Crippen molar-refractivity contribution in [3.63, 3.8) is 0 Å². The van der Waals surface area contributed by atoms with Crippen LogP contribution < -0.4 is 0 Å². The molecule has 0 amide bonds. The van der Waals surface area contributed by atoms with E-state index in [1.807, 2.05) is 0 Å². The molecule has 1 fully saturated rings. The van der Waals surface area contributed by atoms with Crippen LogP contribution in [0.4, 0.5) is 0 Å². The van der Waals surface area contributed by atoms with Gasteiger partial charge < -0.3 is 35.0 Å². The summed E-state index contributed by atoms with van der Waals surface area (Å²) in [6.07, 6.45) is -4.93. The first-order valence-electron chi connectivity index (χ1n) is 6.90. The molecule has 5 unspecified atom stereocenters. The van der Waals surface area contributed by atoms with Crippen LogP contribution in [0, 0.1) is 0 Å². The van der Waals surface area contributed by atoms with E-state index >= 15 is 0 Å². The van der Waals surface area contributed by atoms with Gasteiger partial charge in [-0.15, -0.1) is 0 Å². The highest BCUT2D eigenvalue weighted by Crippen LogP contribution is 2.22. The number of ether oxygens (including phenoxy) is 2. The minimum atomic E-state index is -1.64. The predicted octanol–water partition coefficient (Wildman–Crippen LogP) is -1.25. The predicted molar refractivity (Wildman–Crippen MR) is 77.0 cm³/mol. The zero-order chi connectivity index (χ0) is 17.0. The molecule has 1 aliphatic rings. The molecule has 8 heteroatoms. The molecule has 2 rings (SSSR count). The van der Waals surface area contributed by atoms with Crippen molar-refractivity contribution < 1.29 is 39.8 Å². The van der Waals surface area contributed by atoms with Crippen molar-refractivity contribution in [2.45, 2.75) is 30.7 Å². The zero-order valence-corrected chi connectivity index (χ0v) is 12.0. The molecule has 1 aromatic rings. The number of rotatable bonds is 4. The highest BCUT2D eigenvalue weighted by molar-refractivity contribution is 5.87. The number of aliphatic hydroxyl groups excluding tert-OH is 4. The maximum Gasteiger partial charge on any atom is 0.333 e. The lowest BCUT2D eigenvalue weighted by atomic mass is 9.99. The first kappa shape index (κ1) is 17.4. The van der Waals surface area contributed by atoms with Crippen LogP contribution in [0.3, 0.4) is 0 Å². The molecule has 1 aliphatic heterocycles. The SMILES string of the molecule is O=C(/C=C/c1ccc(O)cc1)OC1OC(CO)C(O)C(O)C1O. The molecule has 8 nitrogen and oxygen atoms in total. The average Bonchev–Trinajstić information content (AvgIpc) is 2.55. The third-order valence-corrected chi connectivity index (χ3v) is 3.39. The summed E-state index contributed by atoms with van der Waals surface area (Å²) in [6.45, 7) is -0.609. The summed E-state index contributed by atoms with van der Waals surface area (Å²) in [5, 5.41) is 47.1. The number of aromatic hydroxyl groups is 1. The molecule has 0 spiro atoms. The van der Waals surface area contributed by atoms with Gasteiger partial charge >= 0.3 is 5.97 Å². The molecule has 1 saturated heterocycles. The summed E-state index contributed by atoms with van der Waals surface area (Å²) in [6, 6.07) is 6.05. The van der Waals surface area contributed by atoms with Crippen molar-refractivity contribution in [2.75, 3.05) is 6.61 Å². The Hall–Kier alpha value is -1.97. The van der Waals surface area contributed by atoms with Gasteiger partial charge in [0.2, 0.25) is 6.29 Å². The Morgan fingerprint density at radius 3 is 2.39 bits per heavy atom. The molecule has 126 valence electrons. The molecule has 5 atom stereocenters.